The molecule has 1 aromatic heterocycles. The molecule has 0 aliphatic rings. The normalized spacial score (nSPS) is 13.3. The lowest BCUT2D eigenvalue weighted by Crippen LogP contribution is -2.19. The van der Waals surface area contributed by atoms with Crippen molar-refractivity contribution in [1.82, 2.24) is 4.72 Å². The number of rotatable bonds is 6. The average Bonchev–Trinajstić information content (AvgIpc) is 2.98. The summed E-state index contributed by atoms with van der Waals surface area (Å²) in [6, 6.07) is 11.2. The molecule has 0 saturated carbocycles. The summed E-state index contributed by atoms with van der Waals surface area (Å²) in [5.74, 6) is 0.435. The molecule has 0 bridgehead atoms. The van der Waals surface area contributed by atoms with Gasteiger partial charge < -0.3 is 5.32 Å². The largest absolute Gasteiger partial charge is 0.377 e. The Morgan fingerprint density at radius 3 is 2.24 bits per heavy atom. The van der Waals surface area contributed by atoms with E-state index in [4.69, 9.17) is 0 Å². The van der Waals surface area contributed by atoms with Crippen molar-refractivity contribution in [2.24, 2.45) is 5.92 Å². The summed E-state index contributed by atoms with van der Waals surface area (Å²) in [5, 5.41) is 5.54. The Kier molecular flexibility index (Phi) is 5.03. The van der Waals surface area contributed by atoms with Gasteiger partial charge in [0.2, 0.25) is 10.0 Å². The van der Waals surface area contributed by atoms with E-state index in [2.05, 4.69) is 35.3 Å². The van der Waals surface area contributed by atoms with Crippen LogP contribution in [0, 0.1) is 5.92 Å². The number of hydrogen-bond donors (Lipinski definition) is 2. The van der Waals surface area contributed by atoms with Gasteiger partial charge in [-0.25, -0.2) is 13.1 Å². The number of benzene rings is 1. The van der Waals surface area contributed by atoms with Crippen molar-refractivity contribution in [1.29, 1.82) is 0 Å². The van der Waals surface area contributed by atoms with Gasteiger partial charge >= 0.3 is 0 Å². The van der Waals surface area contributed by atoms with Gasteiger partial charge in [-0.15, -0.1) is 11.3 Å². The van der Waals surface area contributed by atoms with Crippen LogP contribution in [0.5, 0.6) is 0 Å². The van der Waals surface area contributed by atoms with E-state index in [1.54, 1.807) is 35.6 Å². The molecule has 2 rings (SSSR count). The van der Waals surface area contributed by atoms with Crippen LogP contribution in [0.15, 0.2) is 46.7 Å². The number of nitrogens with one attached hydrogen (secondary N) is 2. The van der Waals surface area contributed by atoms with E-state index in [1.165, 1.54) is 11.9 Å². The van der Waals surface area contributed by atoms with Crippen molar-refractivity contribution in [3.8, 4) is 0 Å². The fourth-order valence-electron chi connectivity index (χ4n) is 2.06. The van der Waals surface area contributed by atoms with E-state index < -0.39 is 10.0 Å². The van der Waals surface area contributed by atoms with Crippen LogP contribution in [-0.2, 0) is 10.0 Å². The Labute approximate surface area is 130 Å². The Hall–Kier alpha value is -1.37. The predicted octanol–water partition coefficient (Wildman–Crippen LogP) is 3.47. The number of sulfonamides is 1. The molecule has 21 heavy (non-hydrogen) atoms. The minimum atomic E-state index is -3.38. The van der Waals surface area contributed by atoms with Gasteiger partial charge in [-0.05, 0) is 48.7 Å². The molecule has 2 N–H and O–H groups in total. The van der Waals surface area contributed by atoms with Gasteiger partial charge in [0.1, 0.15) is 0 Å². The highest BCUT2D eigenvalue weighted by Gasteiger charge is 2.17. The maximum Gasteiger partial charge on any atom is 0.240 e. The molecule has 6 heteroatoms. The van der Waals surface area contributed by atoms with Gasteiger partial charge in [-0.2, -0.15) is 0 Å². The molecule has 1 atom stereocenters. The molecule has 0 fully saturated rings. The van der Waals surface area contributed by atoms with Gasteiger partial charge in [-0.3, -0.25) is 0 Å². The fraction of sp³-hybridized carbons (Fsp3) is 0.333. The first kappa shape index (κ1) is 16.0. The first-order valence-electron chi connectivity index (χ1n) is 6.77. The lowest BCUT2D eigenvalue weighted by Gasteiger charge is -2.22. The van der Waals surface area contributed by atoms with Crippen molar-refractivity contribution in [2.45, 2.75) is 24.8 Å². The highest BCUT2D eigenvalue weighted by Crippen LogP contribution is 2.29. The average molecular weight is 324 g/mol. The van der Waals surface area contributed by atoms with Crippen LogP contribution in [0.2, 0.25) is 0 Å². The fourth-order valence-corrected chi connectivity index (χ4v) is 3.74. The highest BCUT2D eigenvalue weighted by molar-refractivity contribution is 7.89. The third kappa shape index (κ3) is 3.84. The first-order chi connectivity index (χ1) is 9.94. The van der Waals surface area contributed by atoms with Gasteiger partial charge in [0.15, 0.2) is 0 Å². The zero-order chi connectivity index (χ0) is 15.5. The molecule has 0 amide bonds. The van der Waals surface area contributed by atoms with E-state index in [9.17, 15) is 8.42 Å². The van der Waals surface area contributed by atoms with Crippen molar-refractivity contribution < 1.29 is 8.42 Å². The van der Waals surface area contributed by atoms with E-state index in [-0.39, 0.29) is 10.9 Å². The van der Waals surface area contributed by atoms with Gasteiger partial charge in [0.25, 0.3) is 0 Å². The smallest absolute Gasteiger partial charge is 0.240 e. The highest BCUT2D eigenvalue weighted by atomic mass is 32.2. The molecule has 2 aromatic rings. The molecule has 1 heterocycles. The Morgan fingerprint density at radius 2 is 1.76 bits per heavy atom. The molecular formula is C15H20N2O2S2. The van der Waals surface area contributed by atoms with Crippen molar-refractivity contribution in [2.75, 3.05) is 12.4 Å². The Morgan fingerprint density at radius 1 is 1.10 bits per heavy atom. The topological polar surface area (TPSA) is 58.2 Å². The predicted molar refractivity (Wildman–Crippen MR) is 88.2 cm³/mol. The maximum atomic E-state index is 11.7. The van der Waals surface area contributed by atoms with Crippen LogP contribution in [0.4, 0.5) is 5.69 Å². The number of thiophene rings is 1. The summed E-state index contributed by atoms with van der Waals surface area (Å²) in [6.07, 6.45) is 0. The molecule has 1 aromatic carbocycles. The standard InChI is InChI=1S/C15H20N2O2S2/c1-11(2)15(14-5-4-10-20-14)17-12-6-8-13(9-7-12)21(18,19)16-3/h4-11,15-17H,1-3H3. The van der Waals surface area contributed by atoms with Crippen LogP contribution in [0.1, 0.15) is 24.8 Å². The van der Waals surface area contributed by atoms with Gasteiger partial charge in [0.05, 0.1) is 10.9 Å². The van der Waals surface area contributed by atoms with Crippen LogP contribution < -0.4 is 10.0 Å². The van der Waals surface area contributed by atoms with Crippen molar-refractivity contribution in [3.63, 3.8) is 0 Å². The van der Waals surface area contributed by atoms with Crippen LogP contribution in [-0.4, -0.2) is 15.5 Å². The minimum absolute atomic E-state index is 0.219. The van der Waals surface area contributed by atoms with E-state index in [1.807, 2.05) is 6.07 Å². The quantitative estimate of drug-likeness (QED) is 0.855. The third-order valence-corrected chi connectivity index (χ3v) is 5.66. The molecule has 0 saturated heterocycles. The summed E-state index contributed by atoms with van der Waals surface area (Å²) in [7, 11) is -1.97. The second-order valence-electron chi connectivity index (χ2n) is 5.11. The Balaban J connectivity index is 2.19. The molecule has 0 aliphatic carbocycles. The molecule has 4 nitrogen and oxygen atoms in total. The Bertz CT molecular complexity index is 662. The van der Waals surface area contributed by atoms with Crippen molar-refractivity contribution >= 4 is 27.0 Å². The second-order valence-corrected chi connectivity index (χ2v) is 7.98. The van der Waals surface area contributed by atoms with Crippen LogP contribution >= 0.6 is 11.3 Å². The summed E-state index contributed by atoms with van der Waals surface area (Å²) in [5.41, 5.74) is 0.914. The van der Waals surface area contributed by atoms with Gasteiger partial charge in [0, 0.05) is 10.6 Å². The van der Waals surface area contributed by atoms with Crippen molar-refractivity contribution in [3.05, 3.63) is 46.7 Å². The van der Waals surface area contributed by atoms with E-state index in [0.717, 1.165) is 5.69 Å². The molecule has 0 aliphatic heterocycles. The van der Waals surface area contributed by atoms with E-state index in [0.29, 0.717) is 5.92 Å². The third-order valence-electron chi connectivity index (χ3n) is 3.27. The number of anilines is 1. The van der Waals surface area contributed by atoms with E-state index >= 15 is 0 Å². The SMILES string of the molecule is CNS(=O)(=O)c1ccc(NC(c2cccs2)C(C)C)cc1. The van der Waals surface area contributed by atoms with Crippen LogP contribution in [0.3, 0.4) is 0 Å². The maximum absolute atomic E-state index is 11.7. The summed E-state index contributed by atoms with van der Waals surface area (Å²) in [6.45, 7) is 4.33. The second kappa shape index (κ2) is 6.60. The molecule has 114 valence electrons. The first-order valence-corrected chi connectivity index (χ1v) is 9.14. The zero-order valence-corrected chi connectivity index (χ0v) is 14.0. The molecule has 1 unspecified atom stereocenters. The summed E-state index contributed by atoms with van der Waals surface area (Å²) in [4.78, 5) is 1.55. The number of hydrogen-bond acceptors (Lipinski definition) is 4. The monoisotopic (exact) mass is 324 g/mol. The molecular weight excluding hydrogens is 304 g/mol. The summed E-state index contributed by atoms with van der Waals surface area (Å²) < 4.78 is 25.7. The van der Waals surface area contributed by atoms with Gasteiger partial charge in [-0.1, -0.05) is 19.9 Å². The molecule has 0 radical (unpaired) electrons. The summed E-state index contributed by atoms with van der Waals surface area (Å²) >= 11 is 1.72. The lowest BCUT2D eigenvalue weighted by atomic mass is 10.0. The van der Waals surface area contributed by atoms with Crippen LogP contribution in [0.25, 0.3) is 0 Å². The lowest BCUT2D eigenvalue weighted by molar-refractivity contribution is 0.553. The zero-order valence-electron chi connectivity index (χ0n) is 12.3. The molecule has 0 spiro atoms. The minimum Gasteiger partial charge on any atom is -0.377 e.